The Morgan fingerprint density at radius 3 is 2.47 bits per heavy atom. The Hall–Kier alpha value is -0.970. The third kappa shape index (κ3) is 3.58. The number of rotatable bonds is 3. The van der Waals surface area contributed by atoms with E-state index in [-0.39, 0.29) is 0 Å². The van der Waals surface area contributed by atoms with Crippen LogP contribution in [0.1, 0.15) is 13.8 Å². The van der Waals surface area contributed by atoms with Gasteiger partial charge in [0.25, 0.3) is 0 Å². The number of halogens is 3. The van der Waals surface area contributed by atoms with Crippen molar-refractivity contribution in [3.05, 3.63) is 24.0 Å². The highest BCUT2D eigenvalue weighted by Gasteiger charge is 2.41. The molecule has 1 aliphatic rings. The predicted octanol–water partition coefficient (Wildman–Crippen LogP) is 1.14. The minimum absolute atomic E-state index is 0.475. The normalized spacial score (nSPS) is 18.9. The lowest BCUT2D eigenvalue weighted by Crippen LogP contribution is -2.80. The van der Waals surface area contributed by atoms with Crippen LogP contribution in [0.15, 0.2) is 24.0 Å². The third-order valence-electron chi connectivity index (χ3n) is 2.24. The summed E-state index contributed by atoms with van der Waals surface area (Å²) in [6, 6.07) is -1.47. The number of hydrogen-bond acceptors (Lipinski definition) is 1. The Morgan fingerprint density at radius 1 is 1.40 bits per heavy atom. The van der Waals surface area contributed by atoms with Gasteiger partial charge in [0.15, 0.2) is 0 Å². The van der Waals surface area contributed by atoms with Crippen LogP contribution in [0, 0.1) is 5.92 Å². The van der Waals surface area contributed by atoms with Crippen LogP contribution in [0.25, 0.3) is 0 Å². The molecule has 0 saturated carbocycles. The largest absolute Gasteiger partial charge is 0.408 e. The first-order valence-corrected chi connectivity index (χ1v) is 4.93. The van der Waals surface area contributed by atoms with Crippen molar-refractivity contribution in [3.8, 4) is 0 Å². The van der Waals surface area contributed by atoms with E-state index in [1.165, 1.54) is 0 Å². The highest BCUT2D eigenvalue weighted by Crippen LogP contribution is 2.26. The molecule has 0 radical (unpaired) electrons. The first-order chi connectivity index (χ1) is 6.91. The van der Waals surface area contributed by atoms with E-state index in [2.05, 4.69) is 5.32 Å². The first-order valence-electron chi connectivity index (χ1n) is 4.93. The Balaban J connectivity index is 2.67. The van der Waals surface area contributed by atoms with Gasteiger partial charge < -0.3 is 10.6 Å². The zero-order valence-corrected chi connectivity index (χ0v) is 8.81. The Kier molecular flexibility index (Phi) is 3.79. The molecule has 1 aliphatic heterocycles. The molecule has 0 aromatic rings. The molecule has 1 atom stereocenters. The molecule has 0 unspecified atom stereocenters. The lowest BCUT2D eigenvalue weighted by atomic mass is 10.0. The van der Waals surface area contributed by atoms with Gasteiger partial charge in [-0.05, 0) is 18.1 Å². The summed E-state index contributed by atoms with van der Waals surface area (Å²) in [6.45, 7) is 3.66. The highest BCUT2D eigenvalue weighted by atomic mass is 19.4. The SMILES string of the molecule is CC(C)[C@@H](NC1=CC=C[NH2+]C1)C(F)(F)F. The quantitative estimate of drug-likeness (QED) is 0.735. The average Bonchev–Trinajstić information content (AvgIpc) is 2.13. The standard InChI is InChI=1S/C10H15F3N2/c1-7(2)9(10(11,12)13)15-8-4-3-5-14-6-8/h3-5,7,9,14-15H,6H2,1-2H3/p+1/t9-/m1/s1. The third-order valence-corrected chi connectivity index (χ3v) is 2.24. The van der Waals surface area contributed by atoms with Gasteiger partial charge in [-0.2, -0.15) is 13.2 Å². The lowest BCUT2D eigenvalue weighted by Gasteiger charge is -2.27. The number of allylic oxidation sites excluding steroid dienone is 2. The van der Waals surface area contributed by atoms with Crippen LogP contribution in [0.3, 0.4) is 0 Å². The van der Waals surface area contributed by atoms with Gasteiger partial charge in [0.1, 0.15) is 12.6 Å². The molecule has 0 aromatic carbocycles. The molecule has 5 heteroatoms. The van der Waals surface area contributed by atoms with Gasteiger partial charge in [-0.15, -0.1) is 0 Å². The van der Waals surface area contributed by atoms with Crippen LogP contribution >= 0.6 is 0 Å². The minimum Gasteiger partial charge on any atom is -0.373 e. The molecule has 1 heterocycles. The van der Waals surface area contributed by atoms with Gasteiger partial charge in [-0.3, -0.25) is 0 Å². The van der Waals surface area contributed by atoms with E-state index in [9.17, 15) is 13.2 Å². The number of hydrogen-bond donors (Lipinski definition) is 2. The second-order valence-electron chi connectivity index (χ2n) is 3.92. The maximum Gasteiger partial charge on any atom is 0.408 e. The topological polar surface area (TPSA) is 28.6 Å². The van der Waals surface area contributed by atoms with E-state index < -0.39 is 18.1 Å². The smallest absolute Gasteiger partial charge is 0.373 e. The summed E-state index contributed by atoms with van der Waals surface area (Å²) in [7, 11) is 0. The van der Waals surface area contributed by atoms with E-state index >= 15 is 0 Å². The number of nitrogens with two attached hydrogens (primary N) is 1. The zero-order valence-electron chi connectivity index (χ0n) is 8.81. The number of nitrogens with one attached hydrogen (secondary N) is 1. The van der Waals surface area contributed by atoms with E-state index in [4.69, 9.17) is 0 Å². The molecule has 0 saturated heterocycles. The minimum atomic E-state index is -4.20. The maximum absolute atomic E-state index is 12.6. The molecule has 3 N–H and O–H groups in total. The number of alkyl halides is 3. The highest BCUT2D eigenvalue weighted by molar-refractivity contribution is 5.13. The fourth-order valence-electron chi connectivity index (χ4n) is 1.45. The molecule has 0 aromatic heterocycles. The fourth-order valence-corrected chi connectivity index (χ4v) is 1.45. The molecule has 86 valence electrons. The van der Waals surface area contributed by atoms with E-state index in [1.54, 1.807) is 26.0 Å². The second kappa shape index (κ2) is 4.70. The molecular weight excluding hydrogens is 205 g/mol. The van der Waals surface area contributed by atoms with Crippen molar-refractivity contribution in [2.24, 2.45) is 5.92 Å². The molecule has 0 bridgehead atoms. The Bertz CT molecular complexity index is 266. The van der Waals surface area contributed by atoms with Crippen molar-refractivity contribution >= 4 is 0 Å². The van der Waals surface area contributed by atoms with E-state index in [0.29, 0.717) is 12.2 Å². The van der Waals surface area contributed by atoms with Crippen molar-refractivity contribution in [1.29, 1.82) is 0 Å². The van der Waals surface area contributed by atoms with Crippen LogP contribution in [-0.4, -0.2) is 18.8 Å². The van der Waals surface area contributed by atoms with Crippen molar-refractivity contribution in [2.45, 2.75) is 26.1 Å². The van der Waals surface area contributed by atoms with Crippen molar-refractivity contribution in [2.75, 3.05) is 6.54 Å². The molecule has 0 spiro atoms. The summed E-state index contributed by atoms with van der Waals surface area (Å²) in [5.41, 5.74) is 0.619. The summed E-state index contributed by atoms with van der Waals surface area (Å²) >= 11 is 0. The lowest BCUT2D eigenvalue weighted by molar-refractivity contribution is -0.581. The molecule has 0 fully saturated rings. The molecule has 1 rings (SSSR count). The summed E-state index contributed by atoms with van der Waals surface area (Å²) < 4.78 is 37.8. The van der Waals surface area contributed by atoms with Crippen molar-refractivity contribution in [3.63, 3.8) is 0 Å². The van der Waals surface area contributed by atoms with Gasteiger partial charge in [0.05, 0.1) is 11.9 Å². The van der Waals surface area contributed by atoms with Crippen molar-refractivity contribution in [1.82, 2.24) is 5.32 Å². The fraction of sp³-hybridized carbons (Fsp3) is 0.600. The Morgan fingerprint density at radius 2 is 2.07 bits per heavy atom. The molecule has 15 heavy (non-hydrogen) atoms. The van der Waals surface area contributed by atoms with Gasteiger partial charge in [0.2, 0.25) is 0 Å². The van der Waals surface area contributed by atoms with Gasteiger partial charge in [0, 0.05) is 0 Å². The van der Waals surface area contributed by atoms with E-state index in [0.717, 1.165) is 0 Å². The summed E-state index contributed by atoms with van der Waals surface area (Å²) in [6.07, 6.45) is 1.04. The van der Waals surface area contributed by atoms with Crippen LogP contribution in [0.5, 0.6) is 0 Å². The molecular formula is C10H16F3N2+. The average molecular weight is 221 g/mol. The van der Waals surface area contributed by atoms with Gasteiger partial charge >= 0.3 is 6.18 Å². The summed E-state index contributed by atoms with van der Waals surface area (Å²) in [5, 5.41) is 4.38. The van der Waals surface area contributed by atoms with Gasteiger partial charge in [-0.1, -0.05) is 13.8 Å². The van der Waals surface area contributed by atoms with Crippen LogP contribution < -0.4 is 10.6 Å². The van der Waals surface area contributed by atoms with Crippen LogP contribution in [0.2, 0.25) is 0 Å². The summed E-state index contributed by atoms with van der Waals surface area (Å²) in [4.78, 5) is 0. The summed E-state index contributed by atoms with van der Waals surface area (Å²) in [5.74, 6) is -0.475. The van der Waals surface area contributed by atoms with E-state index in [1.807, 2.05) is 11.5 Å². The van der Waals surface area contributed by atoms with Crippen molar-refractivity contribution < 1.29 is 18.5 Å². The predicted molar refractivity (Wildman–Crippen MR) is 51.8 cm³/mol. The number of quaternary nitrogens is 1. The van der Waals surface area contributed by atoms with Crippen LogP contribution in [-0.2, 0) is 0 Å². The zero-order chi connectivity index (χ0) is 11.5. The molecule has 2 nitrogen and oxygen atoms in total. The molecule has 0 amide bonds. The second-order valence-corrected chi connectivity index (χ2v) is 3.92. The Labute approximate surface area is 87.2 Å². The maximum atomic E-state index is 12.6. The monoisotopic (exact) mass is 221 g/mol. The first kappa shape index (κ1) is 12.1. The molecule has 0 aliphatic carbocycles. The van der Waals surface area contributed by atoms with Crippen LogP contribution in [0.4, 0.5) is 13.2 Å². The van der Waals surface area contributed by atoms with Gasteiger partial charge in [-0.25, -0.2) is 0 Å².